The molecule has 1 fully saturated rings. The normalized spacial score (nSPS) is 17.0. The molecule has 4 nitrogen and oxygen atoms in total. The molecule has 10 heteroatoms. The number of fused-ring (bicyclic) bond motifs is 2. The van der Waals surface area contributed by atoms with Crippen molar-refractivity contribution in [2.45, 2.75) is 37.9 Å². The van der Waals surface area contributed by atoms with Crippen molar-refractivity contribution in [3.8, 4) is 0 Å². The summed E-state index contributed by atoms with van der Waals surface area (Å²) in [5, 5.41) is 0.658. The smallest absolute Gasteiger partial charge is 0.340 e. The van der Waals surface area contributed by atoms with Crippen LogP contribution >= 0.6 is 0 Å². The van der Waals surface area contributed by atoms with Crippen molar-refractivity contribution < 1.29 is 26.3 Å². The van der Waals surface area contributed by atoms with Gasteiger partial charge in [0.1, 0.15) is 11.6 Å². The van der Waals surface area contributed by atoms with Gasteiger partial charge in [0, 0.05) is 23.2 Å². The SMILES string of the molecule is Cc1c(F)c(F)cc2[nH]c([C@H](N3CCC(c4ccnc5ccc(F)cc45)CC3)C(F)(F)F)nc12. The third-order valence-corrected chi connectivity index (χ3v) is 6.56. The van der Waals surface area contributed by atoms with E-state index in [1.807, 2.05) is 0 Å². The molecule has 3 heterocycles. The predicted molar refractivity (Wildman–Crippen MR) is 115 cm³/mol. The summed E-state index contributed by atoms with van der Waals surface area (Å²) < 4.78 is 83.9. The number of pyridine rings is 1. The highest BCUT2D eigenvalue weighted by Gasteiger charge is 2.47. The number of piperidine rings is 1. The Morgan fingerprint density at radius 3 is 2.50 bits per heavy atom. The first kappa shape index (κ1) is 22.6. The topological polar surface area (TPSA) is 44.8 Å². The molecule has 1 aliphatic rings. The van der Waals surface area contributed by atoms with Gasteiger partial charge in [0.15, 0.2) is 17.7 Å². The van der Waals surface area contributed by atoms with Crippen LogP contribution in [0.1, 0.15) is 41.8 Å². The Morgan fingerprint density at radius 1 is 1.06 bits per heavy atom. The molecule has 5 rings (SSSR count). The Kier molecular flexibility index (Phi) is 5.50. The Morgan fingerprint density at radius 2 is 1.79 bits per heavy atom. The molecule has 1 N–H and O–H groups in total. The Bertz CT molecular complexity index is 1370. The van der Waals surface area contributed by atoms with Crippen LogP contribution in [0.2, 0.25) is 0 Å². The van der Waals surface area contributed by atoms with Gasteiger partial charge < -0.3 is 4.98 Å². The van der Waals surface area contributed by atoms with E-state index >= 15 is 0 Å². The van der Waals surface area contributed by atoms with E-state index in [1.165, 1.54) is 24.0 Å². The number of benzene rings is 2. The molecule has 0 aliphatic carbocycles. The van der Waals surface area contributed by atoms with Crippen LogP contribution in [0.5, 0.6) is 0 Å². The zero-order chi connectivity index (χ0) is 24.2. The molecule has 0 bridgehead atoms. The average molecular weight is 478 g/mol. The van der Waals surface area contributed by atoms with E-state index in [0.717, 1.165) is 11.6 Å². The second-order valence-electron chi connectivity index (χ2n) is 8.63. The van der Waals surface area contributed by atoms with Crippen LogP contribution in [0, 0.1) is 24.4 Å². The Balaban J connectivity index is 1.44. The largest absolute Gasteiger partial charge is 0.411 e. The van der Waals surface area contributed by atoms with Crippen molar-refractivity contribution in [2.24, 2.45) is 0 Å². The number of nitrogens with one attached hydrogen (secondary N) is 1. The number of H-pyrrole nitrogens is 1. The van der Waals surface area contributed by atoms with Gasteiger partial charge in [-0.15, -0.1) is 0 Å². The number of halogens is 6. The summed E-state index contributed by atoms with van der Waals surface area (Å²) in [7, 11) is 0. The first-order chi connectivity index (χ1) is 16.1. The third kappa shape index (κ3) is 3.89. The predicted octanol–water partition coefficient (Wildman–Crippen LogP) is 6.32. The van der Waals surface area contributed by atoms with Gasteiger partial charge in [-0.3, -0.25) is 9.88 Å². The van der Waals surface area contributed by atoms with Gasteiger partial charge in [0.05, 0.1) is 16.6 Å². The molecule has 0 saturated carbocycles. The second kappa shape index (κ2) is 8.26. The average Bonchev–Trinajstić information content (AvgIpc) is 3.20. The zero-order valence-corrected chi connectivity index (χ0v) is 18.1. The molecule has 0 amide bonds. The monoisotopic (exact) mass is 478 g/mol. The Labute approximate surface area is 190 Å². The number of nitrogens with zero attached hydrogens (tertiary/aromatic N) is 3. The van der Waals surface area contributed by atoms with Crippen LogP contribution in [0.3, 0.4) is 0 Å². The highest BCUT2D eigenvalue weighted by Crippen LogP contribution is 2.41. The fourth-order valence-electron chi connectivity index (χ4n) is 4.90. The molecule has 2 aromatic carbocycles. The van der Waals surface area contributed by atoms with Crippen LogP contribution in [0.25, 0.3) is 21.9 Å². The van der Waals surface area contributed by atoms with Gasteiger partial charge in [-0.25, -0.2) is 18.2 Å². The molecule has 0 spiro atoms. The minimum Gasteiger partial charge on any atom is -0.340 e. The van der Waals surface area contributed by atoms with Crippen LogP contribution in [0.15, 0.2) is 36.5 Å². The van der Waals surface area contributed by atoms with Crippen LogP contribution < -0.4 is 0 Å². The van der Waals surface area contributed by atoms with Gasteiger partial charge >= 0.3 is 6.18 Å². The van der Waals surface area contributed by atoms with Gasteiger partial charge in [0.25, 0.3) is 0 Å². The lowest BCUT2D eigenvalue weighted by Crippen LogP contribution is -2.43. The summed E-state index contributed by atoms with van der Waals surface area (Å²) in [4.78, 5) is 12.1. The highest BCUT2D eigenvalue weighted by atomic mass is 19.4. The highest BCUT2D eigenvalue weighted by molar-refractivity contribution is 5.82. The van der Waals surface area contributed by atoms with Gasteiger partial charge in [-0.1, -0.05) is 0 Å². The number of rotatable bonds is 3. The van der Waals surface area contributed by atoms with Gasteiger partial charge in [-0.2, -0.15) is 13.2 Å². The minimum atomic E-state index is -4.65. The number of likely N-dealkylation sites (tertiary alicyclic amines) is 1. The van der Waals surface area contributed by atoms with Crippen molar-refractivity contribution in [2.75, 3.05) is 13.1 Å². The summed E-state index contributed by atoms with van der Waals surface area (Å²) >= 11 is 0. The molecule has 1 saturated heterocycles. The molecule has 4 aromatic rings. The number of aromatic nitrogens is 3. The molecular weight excluding hydrogens is 458 g/mol. The standard InChI is InChI=1S/C24H20F6N4/c1-12-20(27)17(26)11-19-21(12)33-23(32-19)22(24(28,29)30)34-8-5-13(6-9-34)15-4-7-31-18-3-2-14(25)10-16(15)18/h2-4,7,10-11,13,22H,5-6,8-9H2,1H3,(H,32,33)/t22-/m0/s1. The minimum absolute atomic E-state index is 0.0146. The lowest BCUT2D eigenvalue weighted by atomic mass is 9.87. The van der Waals surface area contributed by atoms with Crippen molar-refractivity contribution >= 4 is 21.9 Å². The van der Waals surface area contributed by atoms with Crippen LogP contribution in [0.4, 0.5) is 26.3 Å². The summed E-state index contributed by atoms with van der Waals surface area (Å²) in [6.45, 7) is 1.51. The second-order valence-corrected chi connectivity index (χ2v) is 8.63. The fourth-order valence-corrected chi connectivity index (χ4v) is 4.90. The maximum absolute atomic E-state index is 14.2. The Hall–Kier alpha value is -3.14. The molecule has 2 aromatic heterocycles. The summed E-state index contributed by atoms with van der Waals surface area (Å²) in [6, 6.07) is 4.87. The van der Waals surface area contributed by atoms with Crippen LogP contribution in [-0.4, -0.2) is 39.1 Å². The molecule has 0 unspecified atom stereocenters. The molecule has 178 valence electrons. The number of hydrogen-bond donors (Lipinski definition) is 1. The molecular formula is C24H20F6N4. The maximum atomic E-state index is 14.2. The van der Waals surface area contributed by atoms with E-state index in [-0.39, 0.29) is 35.6 Å². The van der Waals surface area contributed by atoms with Gasteiger partial charge in [-0.05, 0) is 68.6 Å². The van der Waals surface area contributed by atoms with Crippen LogP contribution in [-0.2, 0) is 0 Å². The molecule has 0 radical (unpaired) electrons. The van der Waals surface area contributed by atoms with E-state index in [9.17, 15) is 26.3 Å². The first-order valence-electron chi connectivity index (χ1n) is 10.8. The van der Waals surface area contributed by atoms with Crippen molar-refractivity contribution in [1.29, 1.82) is 0 Å². The zero-order valence-electron chi connectivity index (χ0n) is 18.1. The van der Waals surface area contributed by atoms with E-state index in [1.54, 1.807) is 18.3 Å². The van der Waals surface area contributed by atoms with Crippen molar-refractivity contribution in [3.05, 3.63) is 70.9 Å². The lowest BCUT2D eigenvalue weighted by Gasteiger charge is -2.37. The number of alkyl halides is 3. The summed E-state index contributed by atoms with van der Waals surface area (Å²) in [5.41, 5.74) is 1.34. The van der Waals surface area contributed by atoms with Gasteiger partial charge in [0.2, 0.25) is 0 Å². The number of aryl methyl sites for hydroxylation is 1. The summed E-state index contributed by atoms with van der Waals surface area (Å²) in [5.74, 6) is -3.13. The van der Waals surface area contributed by atoms with Crippen molar-refractivity contribution in [3.63, 3.8) is 0 Å². The van der Waals surface area contributed by atoms with E-state index in [4.69, 9.17) is 0 Å². The molecule has 1 aliphatic heterocycles. The first-order valence-corrected chi connectivity index (χ1v) is 10.8. The maximum Gasteiger partial charge on any atom is 0.411 e. The van der Waals surface area contributed by atoms with E-state index < -0.39 is 35.5 Å². The number of aromatic amines is 1. The number of hydrogen-bond acceptors (Lipinski definition) is 3. The summed E-state index contributed by atoms with van der Waals surface area (Å²) in [6.07, 6.45) is -2.19. The number of imidazole rings is 1. The van der Waals surface area contributed by atoms with E-state index in [2.05, 4.69) is 15.0 Å². The fraction of sp³-hybridized carbons (Fsp3) is 0.333. The third-order valence-electron chi connectivity index (χ3n) is 6.56. The van der Waals surface area contributed by atoms with Crippen molar-refractivity contribution in [1.82, 2.24) is 19.9 Å². The molecule has 1 atom stereocenters. The quantitative estimate of drug-likeness (QED) is 0.351. The van der Waals surface area contributed by atoms with E-state index in [0.29, 0.717) is 23.7 Å². The molecule has 34 heavy (non-hydrogen) atoms. The lowest BCUT2D eigenvalue weighted by molar-refractivity contribution is -0.191.